The maximum Gasteiger partial charge on any atom is 0.318 e. The minimum Gasteiger partial charge on any atom is -0.480 e. The monoisotopic (exact) mass is 284 g/mol. The van der Waals surface area contributed by atoms with E-state index in [1.807, 2.05) is 76.2 Å². The number of fused-ring (bicyclic) bond motifs is 3. The molecule has 0 aliphatic heterocycles. The van der Waals surface area contributed by atoms with Gasteiger partial charge in [-0.2, -0.15) is 0 Å². The summed E-state index contributed by atoms with van der Waals surface area (Å²) in [6.45, 7) is 9.78. The summed E-state index contributed by atoms with van der Waals surface area (Å²) >= 11 is 0. The second-order valence-corrected chi connectivity index (χ2v) is 4.52. The first-order valence-electron chi connectivity index (χ1n) is 7.58. The summed E-state index contributed by atoms with van der Waals surface area (Å²) in [7, 11) is 0. The standard InChI is InChI=1S/C15H12O2.2C2H6/c1-15(14(16)17)12-8-4-2-6-10(12)11-7-3-5-9-13(11)15;2*1-2/h2-9H,1H3,(H,16,17);2*1-2H3. The molecule has 0 bridgehead atoms. The van der Waals surface area contributed by atoms with Gasteiger partial charge in [-0.1, -0.05) is 76.2 Å². The van der Waals surface area contributed by atoms with Crippen molar-refractivity contribution in [2.75, 3.05) is 0 Å². The molecule has 1 aliphatic rings. The molecule has 2 heteroatoms. The summed E-state index contributed by atoms with van der Waals surface area (Å²) in [5.41, 5.74) is 2.91. The highest BCUT2D eigenvalue weighted by molar-refractivity contribution is 5.96. The number of benzene rings is 2. The highest BCUT2D eigenvalue weighted by atomic mass is 16.4. The van der Waals surface area contributed by atoms with Crippen LogP contribution in [0, 0.1) is 0 Å². The number of hydrogen-bond acceptors (Lipinski definition) is 1. The van der Waals surface area contributed by atoms with Gasteiger partial charge in [-0.05, 0) is 29.2 Å². The Morgan fingerprint density at radius 1 is 0.810 bits per heavy atom. The highest BCUT2D eigenvalue weighted by Gasteiger charge is 2.45. The largest absolute Gasteiger partial charge is 0.480 e. The van der Waals surface area contributed by atoms with Crippen LogP contribution in [0.15, 0.2) is 48.5 Å². The molecule has 0 spiro atoms. The molecule has 1 N–H and O–H groups in total. The van der Waals surface area contributed by atoms with Crippen LogP contribution in [0.25, 0.3) is 11.1 Å². The van der Waals surface area contributed by atoms with Gasteiger partial charge < -0.3 is 5.11 Å². The lowest BCUT2D eigenvalue weighted by Gasteiger charge is -2.21. The van der Waals surface area contributed by atoms with Crippen LogP contribution < -0.4 is 0 Å². The van der Waals surface area contributed by atoms with E-state index in [0.717, 1.165) is 22.3 Å². The van der Waals surface area contributed by atoms with E-state index < -0.39 is 11.4 Å². The molecule has 0 heterocycles. The molecular weight excluding hydrogens is 260 g/mol. The maximum atomic E-state index is 11.6. The van der Waals surface area contributed by atoms with Gasteiger partial charge in [0.1, 0.15) is 5.41 Å². The number of aliphatic carboxylic acids is 1. The number of rotatable bonds is 1. The predicted octanol–water partition coefficient (Wildman–Crippen LogP) is 5.11. The van der Waals surface area contributed by atoms with E-state index in [9.17, 15) is 9.90 Å². The van der Waals surface area contributed by atoms with Crippen molar-refractivity contribution >= 4 is 5.97 Å². The zero-order valence-corrected chi connectivity index (χ0v) is 13.5. The fraction of sp³-hybridized carbons (Fsp3) is 0.316. The van der Waals surface area contributed by atoms with E-state index in [0.29, 0.717) is 0 Å². The van der Waals surface area contributed by atoms with Crippen LogP contribution >= 0.6 is 0 Å². The third-order valence-electron chi connectivity index (χ3n) is 3.65. The maximum absolute atomic E-state index is 11.6. The van der Waals surface area contributed by atoms with Crippen molar-refractivity contribution in [1.82, 2.24) is 0 Å². The second kappa shape index (κ2) is 7.07. The van der Waals surface area contributed by atoms with E-state index >= 15 is 0 Å². The molecule has 2 nitrogen and oxygen atoms in total. The number of carbonyl (C=O) groups is 1. The van der Waals surface area contributed by atoms with Crippen LogP contribution in [-0.4, -0.2) is 11.1 Å². The fourth-order valence-electron chi connectivity index (χ4n) is 2.68. The summed E-state index contributed by atoms with van der Waals surface area (Å²) < 4.78 is 0. The smallest absolute Gasteiger partial charge is 0.318 e. The molecule has 0 unspecified atom stereocenters. The molecule has 0 aromatic heterocycles. The first kappa shape index (κ1) is 17.0. The van der Waals surface area contributed by atoms with E-state index in [4.69, 9.17) is 0 Å². The normalized spacial score (nSPS) is 12.8. The molecule has 0 atom stereocenters. The summed E-state index contributed by atoms with van der Waals surface area (Å²) in [4.78, 5) is 11.6. The summed E-state index contributed by atoms with van der Waals surface area (Å²) in [5.74, 6) is -0.796. The second-order valence-electron chi connectivity index (χ2n) is 4.52. The summed E-state index contributed by atoms with van der Waals surface area (Å²) in [6, 6.07) is 15.5. The van der Waals surface area contributed by atoms with Crippen molar-refractivity contribution < 1.29 is 9.90 Å². The van der Waals surface area contributed by atoms with Gasteiger partial charge in [0.2, 0.25) is 0 Å². The third kappa shape index (κ3) is 2.58. The zero-order valence-electron chi connectivity index (χ0n) is 13.5. The molecule has 21 heavy (non-hydrogen) atoms. The van der Waals surface area contributed by atoms with Gasteiger partial charge in [-0.15, -0.1) is 0 Å². The fourth-order valence-corrected chi connectivity index (χ4v) is 2.68. The Hall–Kier alpha value is -2.09. The van der Waals surface area contributed by atoms with Gasteiger partial charge in [0.25, 0.3) is 0 Å². The molecule has 0 fully saturated rings. The van der Waals surface area contributed by atoms with Crippen molar-refractivity contribution in [3.63, 3.8) is 0 Å². The Bertz CT molecular complexity index is 569. The molecule has 0 amide bonds. The third-order valence-corrected chi connectivity index (χ3v) is 3.65. The van der Waals surface area contributed by atoms with Gasteiger partial charge in [0.15, 0.2) is 0 Å². The van der Waals surface area contributed by atoms with Crippen molar-refractivity contribution in [2.24, 2.45) is 0 Å². The van der Waals surface area contributed by atoms with E-state index in [1.165, 1.54) is 0 Å². The molecule has 3 rings (SSSR count). The van der Waals surface area contributed by atoms with Gasteiger partial charge in [-0.3, -0.25) is 4.79 Å². The molecular formula is C19H24O2. The molecule has 112 valence electrons. The SMILES string of the molecule is CC.CC.CC1(C(=O)O)c2ccccc2-c2ccccc21. The first-order valence-corrected chi connectivity index (χ1v) is 7.58. The Kier molecular flexibility index (Phi) is 5.71. The number of carboxylic acids is 1. The van der Waals surface area contributed by atoms with Crippen LogP contribution in [0.3, 0.4) is 0 Å². The van der Waals surface area contributed by atoms with Crippen LogP contribution in [0.1, 0.15) is 45.7 Å². The lowest BCUT2D eigenvalue weighted by molar-refractivity contribution is -0.141. The molecule has 2 aromatic rings. The Morgan fingerprint density at radius 2 is 1.14 bits per heavy atom. The minimum atomic E-state index is -0.923. The Morgan fingerprint density at radius 3 is 1.48 bits per heavy atom. The van der Waals surface area contributed by atoms with Crippen LogP contribution in [0.2, 0.25) is 0 Å². The molecule has 0 saturated carbocycles. The van der Waals surface area contributed by atoms with Gasteiger partial charge in [-0.25, -0.2) is 0 Å². The predicted molar refractivity (Wildman–Crippen MR) is 88.7 cm³/mol. The van der Waals surface area contributed by atoms with Gasteiger partial charge in [0.05, 0.1) is 0 Å². The van der Waals surface area contributed by atoms with E-state index in [1.54, 1.807) is 6.92 Å². The number of carboxylic acid groups (broad SMARTS) is 1. The molecule has 2 aromatic carbocycles. The minimum absolute atomic E-state index is 0.796. The average molecular weight is 284 g/mol. The average Bonchev–Trinajstić information content (AvgIpc) is 2.83. The van der Waals surface area contributed by atoms with Crippen LogP contribution in [-0.2, 0) is 10.2 Å². The lowest BCUT2D eigenvalue weighted by atomic mass is 9.80. The summed E-state index contributed by atoms with van der Waals surface area (Å²) in [6.07, 6.45) is 0. The zero-order chi connectivity index (χ0) is 16.0. The topological polar surface area (TPSA) is 37.3 Å². The van der Waals surface area contributed by atoms with Crippen molar-refractivity contribution in [2.45, 2.75) is 40.0 Å². The quantitative estimate of drug-likeness (QED) is 0.790. The van der Waals surface area contributed by atoms with Crippen LogP contribution in [0.5, 0.6) is 0 Å². The summed E-state index contributed by atoms with van der Waals surface area (Å²) in [5, 5.41) is 9.57. The van der Waals surface area contributed by atoms with Crippen molar-refractivity contribution in [1.29, 1.82) is 0 Å². The Labute approximate surface area is 127 Å². The van der Waals surface area contributed by atoms with E-state index in [2.05, 4.69) is 0 Å². The van der Waals surface area contributed by atoms with Crippen molar-refractivity contribution in [3.8, 4) is 11.1 Å². The van der Waals surface area contributed by atoms with Gasteiger partial charge >= 0.3 is 5.97 Å². The van der Waals surface area contributed by atoms with Crippen molar-refractivity contribution in [3.05, 3.63) is 59.7 Å². The Balaban J connectivity index is 0.000000510. The van der Waals surface area contributed by atoms with Crippen LogP contribution in [0.4, 0.5) is 0 Å². The molecule has 1 aliphatic carbocycles. The molecule has 0 saturated heterocycles. The lowest BCUT2D eigenvalue weighted by Crippen LogP contribution is -2.31. The van der Waals surface area contributed by atoms with Gasteiger partial charge in [0, 0.05) is 0 Å². The molecule has 0 radical (unpaired) electrons. The number of hydrogen-bond donors (Lipinski definition) is 1. The first-order chi connectivity index (χ1) is 10.2. The highest BCUT2D eigenvalue weighted by Crippen LogP contribution is 2.48. The van der Waals surface area contributed by atoms with E-state index in [-0.39, 0.29) is 0 Å².